The summed E-state index contributed by atoms with van der Waals surface area (Å²) in [5, 5.41) is 6.80. The van der Waals surface area contributed by atoms with Crippen molar-refractivity contribution in [3.8, 4) is 0 Å². The SMILES string of the molecule is C=C(C=O)/C=C(/Cl)C=N. The highest BCUT2D eigenvalue weighted by atomic mass is 35.5. The summed E-state index contributed by atoms with van der Waals surface area (Å²) in [6.45, 7) is 3.33. The van der Waals surface area contributed by atoms with Crippen molar-refractivity contribution in [2.75, 3.05) is 0 Å². The van der Waals surface area contributed by atoms with E-state index in [0.717, 1.165) is 6.21 Å². The van der Waals surface area contributed by atoms with E-state index in [-0.39, 0.29) is 10.6 Å². The number of allylic oxidation sites excluding steroid dienone is 3. The van der Waals surface area contributed by atoms with Crippen molar-refractivity contribution in [1.29, 1.82) is 5.41 Å². The molecular weight excluding hydrogens is 138 g/mol. The highest BCUT2D eigenvalue weighted by molar-refractivity contribution is 6.39. The summed E-state index contributed by atoms with van der Waals surface area (Å²) in [5.41, 5.74) is 0.267. The van der Waals surface area contributed by atoms with E-state index < -0.39 is 0 Å². The standard InChI is InChI=1S/C6H6ClNO/c1-5(4-9)2-6(7)3-8/h2-4,8H,1H2/b6-2+,8-3?. The molecule has 0 spiro atoms. The molecule has 0 saturated carbocycles. The Morgan fingerprint density at radius 2 is 2.22 bits per heavy atom. The van der Waals surface area contributed by atoms with Gasteiger partial charge in [-0.15, -0.1) is 0 Å². The van der Waals surface area contributed by atoms with Gasteiger partial charge in [-0.2, -0.15) is 0 Å². The van der Waals surface area contributed by atoms with E-state index in [9.17, 15) is 4.79 Å². The second kappa shape index (κ2) is 4.04. The fourth-order valence-electron chi connectivity index (χ4n) is 0.253. The third-order valence-corrected chi connectivity index (χ3v) is 0.831. The maximum absolute atomic E-state index is 9.88. The Morgan fingerprint density at radius 1 is 1.67 bits per heavy atom. The fourth-order valence-corrected chi connectivity index (χ4v) is 0.393. The van der Waals surface area contributed by atoms with Crippen LogP contribution in [0.3, 0.4) is 0 Å². The summed E-state index contributed by atoms with van der Waals surface area (Å²) in [6, 6.07) is 0. The molecule has 0 aliphatic rings. The van der Waals surface area contributed by atoms with Crippen LogP contribution < -0.4 is 0 Å². The zero-order chi connectivity index (χ0) is 7.28. The third kappa shape index (κ3) is 3.67. The quantitative estimate of drug-likeness (QED) is 0.277. The van der Waals surface area contributed by atoms with Crippen molar-refractivity contribution in [1.82, 2.24) is 0 Å². The highest BCUT2D eigenvalue weighted by Crippen LogP contribution is 1.99. The second-order valence-electron chi connectivity index (χ2n) is 1.37. The molecule has 0 aliphatic carbocycles. The molecule has 0 aromatic rings. The van der Waals surface area contributed by atoms with E-state index in [4.69, 9.17) is 17.0 Å². The van der Waals surface area contributed by atoms with Crippen LogP contribution in [0.4, 0.5) is 0 Å². The van der Waals surface area contributed by atoms with Crippen LogP contribution in [0.1, 0.15) is 0 Å². The lowest BCUT2D eigenvalue weighted by Gasteiger charge is -1.83. The first kappa shape index (κ1) is 8.11. The van der Waals surface area contributed by atoms with E-state index in [1.54, 1.807) is 0 Å². The van der Waals surface area contributed by atoms with Crippen LogP contribution in [-0.2, 0) is 4.79 Å². The Hall–Kier alpha value is -0.890. The molecule has 3 heteroatoms. The van der Waals surface area contributed by atoms with Gasteiger partial charge in [-0.3, -0.25) is 4.79 Å². The number of rotatable bonds is 3. The number of carbonyl (C=O) groups is 1. The fraction of sp³-hybridized carbons (Fsp3) is 0. The van der Waals surface area contributed by atoms with Gasteiger partial charge in [0.1, 0.15) is 6.29 Å². The molecule has 0 radical (unpaired) electrons. The predicted octanol–water partition coefficient (Wildman–Crippen LogP) is 1.51. The molecule has 0 aliphatic heterocycles. The molecule has 48 valence electrons. The zero-order valence-corrected chi connectivity index (χ0v) is 5.48. The van der Waals surface area contributed by atoms with Crippen molar-refractivity contribution in [2.24, 2.45) is 0 Å². The number of carbonyl (C=O) groups excluding carboxylic acids is 1. The Kier molecular flexibility index (Phi) is 3.64. The van der Waals surface area contributed by atoms with Gasteiger partial charge < -0.3 is 5.41 Å². The molecule has 2 nitrogen and oxygen atoms in total. The third-order valence-electron chi connectivity index (χ3n) is 0.613. The minimum Gasteiger partial charge on any atom is -0.307 e. The summed E-state index contributed by atoms with van der Waals surface area (Å²) >= 11 is 5.34. The topological polar surface area (TPSA) is 40.9 Å². The van der Waals surface area contributed by atoms with Crippen molar-refractivity contribution in [3.05, 3.63) is 23.3 Å². The summed E-state index contributed by atoms with van der Waals surface area (Å²) in [5.74, 6) is 0. The zero-order valence-electron chi connectivity index (χ0n) is 4.73. The van der Waals surface area contributed by atoms with Gasteiger partial charge >= 0.3 is 0 Å². The van der Waals surface area contributed by atoms with E-state index in [0.29, 0.717) is 6.29 Å². The normalized spacial score (nSPS) is 10.6. The molecule has 9 heavy (non-hydrogen) atoms. The molecule has 0 unspecified atom stereocenters. The predicted molar refractivity (Wildman–Crippen MR) is 37.9 cm³/mol. The average Bonchev–Trinajstić information content (AvgIpc) is 1.87. The molecule has 0 heterocycles. The molecule has 0 saturated heterocycles. The van der Waals surface area contributed by atoms with Gasteiger partial charge in [0, 0.05) is 11.8 Å². The maximum atomic E-state index is 9.88. The smallest absolute Gasteiger partial charge is 0.149 e. The van der Waals surface area contributed by atoms with E-state index in [2.05, 4.69) is 6.58 Å². The first-order chi connectivity index (χ1) is 4.20. The van der Waals surface area contributed by atoms with E-state index in [1.165, 1.54) is 6.08 Å². The summed E-state index contributed by atoms with van der Waals surface area (Å²) in [4.78, 5) is 9.88. The van der Waals surface area contributed by atoms with Gasteiger partial charge in [-0.05, 0) is 6.08 Å². The number of aldehydes is 1. The summed E-state index contributed by atoms with van der Waals surface area (Å²) in [7, 11) is 0. The van der Waals surface area contributed by atoms with Crippen LogP contribution in [0.25, 0.3) is 0 Å². The van der Waals surface area contributed by atoms with Crippen LogP contribution in [0, 0.1) is 5.41 Å². The van der Waals surface area contributed by atoms with Crippen LogP contribution in [-0.4, -0.2) is 12.5 Å². The van der Waals surface area contributed by atoms with Gasteiger partial charge in [0.15, 0.2) is 0 Å². The maximum Gasteiger partial charge on any atom is 0.149 e. The van der Waals surface area contributed by atoms with Gasteiger partial charge in [0.2, 0.25) is 0 Å². The van der Waals surface area contributed by atoms with Crippen LogP contribution in [0.2, 0.25) is 0 Å². The first-order valence-corrected chi connectivity index (χ1v) is 2.60. The summed E-state index contributed by atoms with van der Waals surface area (Å²) < 4.78 is 0. The van der Waals surface area contributed by atoms with Gasteiger partial charge in [0.05, 0.1) is 5.03 Å². The minimum atomic E-state index is 0.201. The minimum absolute atomic E-state index is 0.201. The molecule has 0 fully saturated rings. The molecule has 1 N–H and O–H groups in total. The molecule has 0 rings (SSSR count). The summed E-state index contributed by atoms with van der Waals surface area (Å²) in [6.07, 6.45) is 2.84. The number of hydrogen-bond acceptors (Lipinski definition) is 2. The Bertz CT molecular complexity index is 172. The van der Waals surface area contributed by atoms with Gasteiger partial charge in [-0.1, -0.05) is 18.2 Å². The average molecular weight is 144 g/mol. The van der Waals surface area contributed by atoms with Crippen molar-refractivity contribution < 1.29 is 4.79 Å². The van der Waals surface area contributed by atoms with Crippen molar-refractivity contribution in [2.45, 2.75) is 0 Å². The van der Waals surface area contributed by atoms with Gasteiger partial charge in [-0.25, -0.2) is 0 Å². The monoisotopic (exact) mass is 143 g/mol. The first-order valence-electron chi connectivity index (χ1n) is 2.22. The number of nitrogens with one attached hydrogen (secondary N) is 1. The molecule has 0 aromatic carbocycles. The lowest BCUT2D eigenvalue weighted by atomic mass is 10.3. The number of halogens is 1. The van der Waals surface area contributed by atoms with Crippen molar-refractivity contribution in [3.63, 3.8) is 0 Å². The van der Waals surface area contributed by atoms with Gasteiger partial charge in [0.25, 0.3) is 0 Å². The number of hydrogen-bond donors (Lipinski definition) is 1. The van der Waals surface area contributed by atoms with E-state index >= 15 is 0 Å². The Morgan fingerprint density at radius 3 is 2.56 bits per heavy atom. The lowest BCUT2D eigenvalue weighted by Crippen LogP contribution is -1.77. The van der Waals surface area contributed by atoms with E-state index in [1.807, 2.05) is 0 Å². The largest absolute Gasteiger partial charge is 0.307 e. The molecule has 0 atom stereocenters. The second-order valence-corrected chi connectivity index (χ2v) is 1.80. The molecule has 0 aromatic heterocycles. The molecule has 0 amide bonds. The molecular formula is C6H6ClNO. The van der Waals surface area contributed by atoms with Crippen molar-refractivity contribution >= 4 is 24.1 Å². The Labute approximate surface area is 58.3 Å². The van der Waals surface area contributed by atoms with Crippen LogP contribution >= 0.6 is 11.6 Å². The highest BCUT2D eigenvalue weighted by Gasteiger charge is 1.86. The Balaban J connectivity index is 4.10. The molecule has 0 bridgehead atoms. The van der Waals surface area contributed by atoms with Crippen LogP contribution in [0.5, 0.6) is 0 Å². The van der Waals surface area contributed by atoms with Crippen LogP contribution in [0.15, 0.2) is 23.3 Å². The lowest BCUT2D eigenvalue weighted by molar-refractivity contribution is -0.104.